The summed E-state index contributed by atoms with van der Waals surface area (Å²) in [6.45, 7) is 1.27. The van der Waals surface area contributed by atoms with Gasteiger partial charge in [0.05, 0.1) is 0 Å². The van der Waals surface area contributed by atoms with Crippen LogP contribution in [0.4, 0.5) is 0 Å². The lowest BCUT2D eigenvalue weighted by Crippen LogP contribution is -2.27. The Labute approximate surface area is 202 Å². The molecule has 0 aliphatic carbocycles. The molecule has 0 bridgehead atoms. The van der Waals surface area contributed by atoms with Crippen molar-refractivity contribution in [1.82, 2.24) is 9.88 Å². The highest BCUT2D eigenvalue weighted by Gasteiger charge is 2.10. The van der Waals surface area contributed by atoms with Gasteiger partial charge in [0.15, 0.2) is 0 Å². The summed E-state index contributed by atoms with van der Waals surface area (Å²) in [5.41, 5.74) is 3.10. The zero-order valence-corrected chi connectivity index (χ0v) is 19.6. The molecule has 0 aliphatic heterocycles. The smallest absolute Gasteiger partial charge is 0.251 e. The van der Waals surface area contributed by atoms with Crippen molar-refractivity contribution >= 4 is 50.9 Å². The number of nitrogens with one attached hydrogen (secondary N) is 1. The first-order valence-corrected chi connectivity index (χ1v) is 12.3. The van der Waals surface area contributed by atoms with E-state index in [1.165, 1.54) is 21.4 Å². The van der Waals surface area contributed by atoms with Gasteiger partial charge >= 0.3 is 0 Å². The summed E-state index contributed by atoms with van der Waals surface area (Å²) in [6, 6.07) is 30.3. The molecule has 0 spiro atoms. The second-order valence-electron chi connectivity index (χ2n) is 7.94. The highest BCUT2D eigenvalue weighted by Crippen LogP contribution is 2.32. The average molecular weight is 471 g/mol. The van der Waals surface area contributed by atoms with E-state index in [2.05, 4.69) is 58.5 Å². The van der Waals surface area contributed by atoms with Crippen molar-refractivity contribution in [3.8, 4) is 0 Å². The molecular formula is C28H23ClN2OS. The maximum absolute atomic E-state index is 12.7. The fourth-order valence-electron chi connectivity index (χ4n) is 3.98. The summed E-state index contributed by atoms with van der Waals surface area (Å²) in [6.07, 6.45) is 2.19. The number of thioether (sulfide) groups is 1. The topological polar surface area (TPSA) is 34.0 Å². The van der Waals surface area contributed by atoms with E-state index in [4.69, 9.17) is 11.6 Å². The van der Waals surface area contributed by atoms with Gasteiger partial charge in [-0.25, -0.2) is 0 Å². The fourth-order valence-corrected chi connectivity index (χ4v) is 5.15. The third kappa shape index (κ3) is 4.92. The van der Waals surface area contributed by atoms with E-state index < -0.39 is 0 Å². The standard InChI is InChI=1S/C28H23ClN2OS/c29-24-13-9-20(10-14-24)19-33-27-18-31(26-8-4-3-7-25(26)27)16-15-30-28(32)23-12-11-21-5-1-2-6-22(21)17-23/h1-14,17-18H,15-16,19H2,(H,30,32). The minimum Gasteiger partial charge on any atom is -0.350 e. The molecule has 1 aromatic heterocycles. The number of halogens is 1. The minimum absolute atomic E-state index is 0.0467. The number of para-hydroxylation sites is 1. The molecule has 3 nitrogen and oxygen atoms in total. The Bertz CT molecular complexity index is 1430. The fraction of sp³-hybridized carbons (Fsp3) is 0.107. The molecular weight excluding hydrogens is 448 g/mol. The lowest BCUT2D eigenvalue weighted by atomic mass is 10.1. The molecule has 0 radical (unpaired) electrons. The van der Waals surface area contributed by atoms with Crippen LogP contribution in [0.5, 0.6) is 0 Å². The Balaban J connectivity index is 1.26. The third-order valence-corrected chi connectivity index (χ3v) is 7.08. The number of carbonyl (C=O) groups is 1. The third-order valence-electron chi connectivity index (χ3n) is 5.71. The van der Waals surface area contributed by atoms with Crippen LogP contribution in [0, 0.1) is 0 Å². The molecule has 0 aliphatic rings. The van der Waals surface area contributed by atoms with Gasteiger partial charge in [-0.2, -0.15) is 0 Å². The molecule has 5 aromatic rings. The molecule has 0 atom stereocenters. The van der Waals surface area contributed by atoms with E-state index in [1.54, 1.807) is 0 Å². The average Bonchev–Trinajstić information content (AvgIpc) is 3.21. The van der Waals surface area contributed by atoms with Crippen LogP contribution < -0.4 is 5.32 Å². The maximum Gasteiger partial charge on any atom is 0.251 e. The molecule has 1 amide bonds. The Hall–Kier alpha value is -3.21. The number of aromatic nitrogens is 1. The minimum atomic E-state index is -0.0467. The Kier molecular flexibility index (Phi) is 6.38. The quantitative estimate of drug-likeness (QED) is 0.256. The molecule has 5 heteroatoms. The summed E-state index contributed by atoms with van der Waals surface area (Å²) < 4.78 is 2.22. The number of benzene rings is 4. The monoisotopic (exact) mass is 470 g/mol. The maximum atomic E-state index is 12.7. The van der Waals surface area contributed by atoms with Crippen LogP contribution in [0.15, 0.2) is 102 Å². The first-order valence-electron chi connectivity index (χ1n) is 10.9. The van der Waals surface area contributed by atoms with Gasteiger partial charge in [0.25, 0.3) is 5.91 Å². The van der Waals surface area contributed by atoms with Crippen LogP contribution >= 0.6 is 23.4 Å². The van der Waals surface area contributed by atoms with Gasteiger partial charge in [-0.1, -0.05) is 72.3 Å². The lowest BCUT2D eigenvalue weighted by molar-refractivity contribution is 0.0952. The van der Waals surface area contributed by atoms with Crippen molar-refractivity contribution in [1.29, 1.82) is 0 Å². The zero-order valence-electron chi connectivity index (χ0n) is 18.0. The number of hydrogen-bond donors (Lipinski definition) is 1. The highest BCUT2D eigenvalue weighted by molar-refractivity contribution is 7.98. The lowest BCUT2D eigenvalue weighted by Gasteiger charge is -2.08. The number of nitrogens with zero attached hydrogens (tertiary/aromatic N) is 1. The predicted molar refractivity (Wildman–Crippen MR) is 139 cm³/mol. The number of hydrogen-bond acceptors (Lipinski definition) is 2. The van der Waals surface area contributed by atoms with Crippen molar-refractivity contribution in [3.05, 3.63) is 113 Å². The van der Waals surface area contributed by atoms with Crippen molar-refractivity contribution in [3.63, 3.8) is 0 Å². The van der Waals surface area contributed by atoms with E-state index in [-0.39, 0.29) is 5.91 Å². The van der Waals surface area contributed by atoms with Gasteiger partial charge in [-0.05, 0) is 46.7 Å². The van der Waals surface area contributed by atoms with Gasteiger partial charge in [0.2, 0.25) is 0 Å². The molecule has 0 saturated carbocycles. The van der Waals surface area contributed by atoms with Crippen molar-refractivity contribution in [2.24, 2.45) is 0 Å². The van der Waals surface area contributed by atoms with Gasteiger partial charge < -0.3 is 9.88 Å². The molecule has 1 heterocycles. The summed E-state index contributed by atoms with van der Waals surface area (Å²) in [4.78, 5) is 13.9. The largest absolute Gasteiger partial charge is 0.350 e. The first-order chi connectivity index (χ1) is 16.2. The van der Waals surface area contributed by atoms with Crippen LogP contribution in [-0.2, 0) is 12.3 Å². The second-order valence-corrected chi connectivity index (χ2v) is 9.39. The predicted octanol–water partition coefficient (Wildman–Crippen LogP) is 7.17. The van der Waals surface area contributed by atoms with Crippen LogP contribution in [0.1, 0.15) is 15.9 Å². The van der Waals surface area contributed by atoms with Crippen LogP contribution in [0.3, 0.4) is 0 Å². The first kappa shape index (κ1) is 21.6. The summed E-state index contributed by atoms with van der Waals surface area (Å²) >= 11 is 7.82. The van der Waals surface area contributed by atoms with Gasteiger partial charge in [-0.3, -0.25) is 4.79 Å². The van der Waals surface area contributed by atoms with Crippen molar-refractivity contribution < 1.29 is 4.79 Å². The molecule has 0 fully saturated rings. The van der Waals surface area contributed by atoms with Gasteiger partial charge in [0.1, 0.15) is 0 Å². The molecule has 0 unspecified atom stereocenters. The molecule has 4 aromatic carbocycles. The van der Waals surface area contributed by atoms with E-state index >= 15 is 0 Å². The number of carbonyl (C=O) groups excluding carboxylic acids is 1. The summed E-state index contributed by atoms with van der Waals surface area (Å²) in [5.74, 6) is 0.832. The zero-order chi connectivity index (χ0) is 22.6. The Morgan fingerprint density at radius 1 is 0.879 bits per heavy atom. The molecule has 33 heavy (non-hydrogen) atoms. The van der Waals surface area contributed by atoms with E-state index in [9.17, 15) is 4.79 Å². The van der Waals surface area contributed by atoms with Crippen LogP contribution in [-0.4, -0.2) is 17.0 Å². The SMILES string of the molecule is O=C(NCCn1cc(SCc2ccc(Cl)cc2)c2ccccc21)c1ccc2ccccc2c1. The molecule has 5 rings (SSSR count). The van der Waals surface area contributed by atoms with Gasteiger partial charge in [-0.15, -0.1) is 11.8 Å². The highest BCUT2D eigenvalue weighted by atomic mass is 35.5. The Morgan fingerprint density at radius 2 is 1.64 bits per heavy atom. The van der Waals surface area contributed by atoms with Gasteiger partial charge in [0, 0.05) is 51.4 Å². The molecule has 0 saturated heterocycles. The number of amides is 1. The second kappa shape index (κ2) is 9.74. The van der Waals surface area contributed by atoms with Crippen molar-refractivity contribution in [2.45, 2.75) is 17.2 Å². The van der Waals surface area contributed by atoms with E-state index in [0.29, 0.717) is 18.7 Å². The van der Waals surface area contributed by atoms with Crippen LogP contribution in [0.2, 0.25) is 5.02 Å². The molecule has 1 N–H and O–H groups in total. The number of fused-ring (bicyclic) bond motifs is 2. The van der Waals surface area contributed by atoms with Crippen molar-refractivity contribution in [2.75, 3.05) is 6.54 Å². The normalized spacial score (nSPS) is 11.2. The van der Waals surface area contributed by atoms with E-state index in [1.807, 2.05) is 60.3 Å². The molecule has 164 valence electrons. The number of rotatable bonds is 7. The summed E-state index contributed by atoms with van der Waals surface area (Å²) in [5, 5.41) is 7.27. The van der Waals surface area contributed by atoms with E-state index in [0.717, 1.165) is 21.5 Å². The van der Waals surface area contributed by atoms with Crippen LogP contribution in [0.25, 0.3) is 21.7 Å². The summed E-state index contributed by atoms with van der Waals surface area (Å²) in [7, 11) is 0. The Morgan fingerprint density at radius 3 is 2.48 bits per heavy atom.